The van der Waals surface area contributed by atoms with Crippen LogP contribution in [0.1, 0.15) is 18.5 Å². The number of benzene rings is 1. The normalized spacial score (nSPS) is 12.5. The van der Waals surface area contributed by atoms with E-state index >= 15 is 0 Å². The fourth-order valence-electron chi connectivity index (χ4n) is 1.43. The molecule has 0 spiro atoms. The number of methoxy groups -OCH3 is 1. The lowest BCUT2D eigenvalue weighted by Crippen LogP contribution is -2.24. The summed E-state index contributed by atoms with van der Waals surface area (Å²) in [5, 5.41) is 12.2. The molecular formula is C11H16FNO2. The molecule has 0 aliphatic heterocycles. The van der Waals surface area contributed by atoms with E-state index in [9.17, 15) is 4.39 Å². The van der Waals surface area contributed by atoms with Gasteiger partial charge in [-0.05, 0) is 24.2 Å². The van der Waals surface area contributed by atoms with Crippen LogP contribution in [0.2, 0.25) is 0 Å². The smallest absolute Gasteiger partial charge is 0.165 e. The third-order valence-electron chi connectivity index (χ3n) is 2.21. The van der Waals surface area contributed by atoms with Crippen LogP contribution >= 0.6 is 0 Å². The van der Waals surface area contributed by atoms with E-state index in [2.05, 4.69) is 5.32 Å². The van der Waals surface area contributed by atoms with Gasteiger partial charge in [0.1, 0.15) is 0 Å². The predicted octanol–water partition coefficient (Wildman–Crippen LogP) is 1.48. The summed E-state index contributed by atoms with van der Waals surface area (Å²) in [6.45, 7) is 2.60. The Kier molecular flexibility index (Phi) is 4.52. The van der Waals surface area contributed by atoms with Crippen molar-refractivity contribution >= 4 is 0 Å². The fraction of sp³-hybridized carbons (Fsp3) is 0.455. The van der Waals surface area contributed by atoms with Gasteiger partial charge in [-0.2, -0.15) is 0 Å². The van der Waals surface area contributed by atoms with Gasteiger partial charge in [0.25, 0.3) is 0 Å². The van der Waals surface area contributed by atoms with Gasteiger partial charge in [-0.3, -0.25) is 0 Å². The number of ether oxygens (including phenoxy) is 1. The van der Waals surface area contributed by atoms with E-state index in [1.807, 2.05) is 6.92 Å². The quantitative estimate of drug-likeness (QED) is 0.778. The molecule has 0 heterocycles. The highest BCUT2D eigenvalue weighted by molar-refractivity contribution is 5.31. The number of halogens is 1. The molecule has 0 bridgehead atoms. The summed E-state index contributed by atoms with van der Waals surface area (Å²) in [7, 11) is 1.42. The number of likely N-dealkylation sites (N-methyl/N-ethyl adjacent to an activating group) is 1. The van der Waals surface area contributed by atoms with Gasteiger partial charge >= 0.3 is 0 Å². The number of rotatable bonds is 5. The molecule has 15 heavy (non-hydrogen) atoms. The van der Waals surface area contributed by atoms with Crippen LogP contribution in [0.15, 0.2) is 18.2 Å². The van der Waals surface area contributed by atoms with E-state index in [1.54, 1.807) is 12.1 Å². The van der Waals surface area contributed by atoms with Crippen molar-refractivity contribution in [3.05, 3.63) is 29.6 Å². The lowest BCUT2D eigenvalue weighted by Gasteiger charge is -2.16. The highest BCUT2D eigenvalue weighted by Gasteiger charge is 2.11. The third-order valence-corrected chi connectivity index (χ3v) is 2.21. The minimum atomic E-state index is -0.411. The van der Waals surface area contributed by atoms with Crippen LogP contribution in [0.25, 0.3) is 0 Å². The van der Waals surface area contributed by atoms with Crippen molar-refractivity contribution in [1.82, 2.24) is 5.32 Å². The molecule has 0 amide bonds. The van der Waals surface area contributed by atoms with Gasteiger partial charge in [0.2, 0.25) is 0 Å². The van der Waals surface area contributed by atoms with Crippen LogP contribution in [-0.2, 0) is 0 Å². The maximum atomic E-state index is 13.4. The molecule has 0 aromatic heterocycles. The minimum Gasteiger partial charge on any atom is -0.494 e. The Bertz CT molecular complexity index is 317. The first-order valence-corrected chi connectivity index (χ1v) is 4.90. The lowest BCUT2D eigenvalue weighted by molar-refractivity contribution is 0.246. The SMILES string of the molecule is CCNC(CO)c1ccc(OC)c(F)c1. The number of aliphatic hydroxyl groups is 1. The Morgan fingerprint density at radius 3 is 2.73 bits per heavy atom. The van der Waals surface area contributed by atoms with Crippen LogP contribution in [0.5, 0.6) is 5.75 Å². The Morgan fingerprint density at radius 1 is 1.53 bits per heavy atom. The predicted molar refractivity (Wildman–Crippen MR) is 56.5 cm³/mol. The number of hydrogen-bond acceptors (Lipinski definition) is 3. The summed E-state index contributed by atoms with van der Waals surface area (Å²) in [6.07, 6.45) is 0. The molecule has 84 valence electrons. The van der Waals surface area contributed by atoms with E-state index in [0.717, 1.165) is 12.1 Å². The second-order valence-electron chi connectivity index (χ2n) is 3.19. The zero-order chi connectivity index (χ0) is 11.3. The van der Waals surface area contributed by atoms with E-state index in [0.29, 0.717) is 0 Å². The maximum Gasteiger partial charge on any atom is 0.165 e. The largest absolute Gasteiger partial charge is 0.494 e. The standard InChI is InChI=1S/C11H16FNO2/c1-3-13-10(7-14)8-4-5-11(15-2)9(12)6-8/h4-6,10,13-14H,3,7H2,1-2H3. The van der Waals surface area contributed by atoms with Crippen LogP contribution in [-0.4, -0.2) is 25.4 Å². The van der Waals surface area contributed by atoms with Crippen molar-refractivity contribution in [2.24, 2.45) is 0 Å². The first-order valence-electron chi connectivity index (χ1n) is 4.90. The van der Waals surface area contributed by atoms with Crippen LogP contribution in [0, 0.1) is 5.82 Å². The van der Waals surface area contributed by atoms with Crippen molar-refractivity contribution in [3.8, 4) is 5.75 Å². The third kappa shape index (κ3) is 2.91. The van der Waals surface area contributed by atoms with Crippen molar-refractivity contribution in [2.75, 3.05) is 20.3 Å². The topological polar surface area (TPSA) is 41.5 Å². The monoisotopic (exact) mass is 213 g/mol. The Hall–Kier alpha value is -1.13. The van der Waals surface area contributed by atoms with Gasteiger partial charge in [0, 0.05) is 0 Å². The van der Waals surface area contributed by atoms with Gasteiger partial charge in [-0.25, -0.2) is 4.39 Å². The van der Waals surface area contributed by atoms with Crippen molar-refractivity contribution < 1.29 is 14.2 Å². The highest BCUT2D eigenvalue weighted by Crippen LogP contribution is 2.21. The van der Waals surface area contributed by atoms with Gasteiger partial charge in [0.05, 0.1) is 19.8 Å². The Balaban J connectivity index is 2.89. The number of nitrogens with one attached hydrogen (secondary N) is 1. The summed E-state index contributed by atoms with van der Waals surface area (Å²) in [4.78, 5) is 0. The Morgan fingerprint density at radius 2 is 2.27 bits per heavy atom. The zero-order valence-corrected chi connectivity index (χ0v) is 8.96. The molecule has 1 aromatic carbocycles. The van der Waals surface area contributed by atoms with Crippen LogP contribution in [0.4, 0.5) is 4.39 Å². The van der Waals surface area contributed by atoms with Crippen molar-refractivity contribution in [3.63, 3.8) is 0 Å². The number of aliphatic hydroxyl groups excluding tert-OH is 1. The summed E-state index contributed by atoms with van der Waals surface area (Å²) in [6, 6.07) is 4.45. The van der Waals surface area contributed by atoms with Crippen LogP contribution < -0.4 is 10.1 Å². The summed E-state index contributed by atoms with van der Waals surface area (Å²) in [5.74, 6) is -0.196. The van der Waals surface area contributed by atoms with Gasteiger partial charge in [-0.1, -0.05) is 13.0 Å². The molecule has 2 N–H and O–H groups in total. The average molecular weight is 213 g/mol. The molecule has 0 radical (unpaired) electrons. The second-order valence-corrected chi connectivity index (χ2v) is 3.19. The molecule has 0 fully saturated rings. The van der Waals surface area contributed by atoms with Crippen LogP contribution in [0.3, 0.4) is 0 Å². The fourth-order valence-corrected chi connectivity index (χ4v) is 1.43. The van der Waals surface area contributed by atoms with Gasteiger partial charge in [-0.15, -0.1) is 0 Å². The maximum absolute atomic E-state index is 13.4. The minimum absolute atomic E-state index is 0.0559. The molecule has 0 saturated carbocycles. The van der Waals surface area contributed by atoms with Crippen molar-refractivity contribution in [1.29, 1.82) is 0 Å². The van der Waals surface area contributed by atoms with E-state index in [1.165, 1.54) is 13.2 Å². The molecule has 0 aliphatic rings. The summed E-state index contributed by atoms with van der Waals surface area (Å²) in [5.41, 5.74) is 0.720. The second kappa shape index (κ2) is 5.68. The van der Waals surface area contributed by atoms with E-state index in [-0.39, 0.29) is 18.4 Å². The first kappa shape index (κ1) is 11.9. The lowest BCUT2D eigenvalue weighted by atomic mass is 10.1. The molecule has 3 nitrogen and oxygen atoms in total. The van der Waals surface area contributed by atoms with Crippen molar-refractivity contribution in [2.45, 2.75) is 13.0 Å². The molecule has 1 unspecified atom stereocenters. The van der Waals surface area contributed by atoms with E-state index < -0.39 is 5.82 Å². The van der Waals surface area contributed by atoms with E-state index in [4.69, 9.17) is 9.84 Å². The zero-order valence-electron chi connectivity index (χ0n) is 8.96. The highest BCUT2D eigenvalue weighted by atomic mass is 19.1. The molecule has 1 rings (SSSR count). The summed E-state index contributed by atoms with van der Waals surface area (Å²) >= 11 is 0. The molecule has 4 heteroatoms. The molecule has 0 aliphatic carbocycles. The van der Waals surface area contributed by atoms with Gasteiger partial charge < -0.3 is 15.2 Å². The first-order chi connectivity index (χ1) is 7.22. The molecule has 0 saturated heterocycles. The van der Waals surface area contributed by atoms with Gasteiger partial charge in [0.15, 0.2) is 11.6 Å². The molecular weight excluding hydrogens is 197 g/mol. The average Bonchev–Trinajstić information content (AvgIpc) is 2.25. The Labute approximate surface area is 88.9 Å². The molecule has 1 aromatic rings. The summed E-state index contributed by atoms with van der Waals surface area (Å²) < 4.78 is 18.2. The molecule has 1 atom stereocenters. The number of hydrogen-bond donors (Lipinski definition) is 2.